The van der Waals surface area contributed by atoms with Crippen LogP contribution in [-0.4, -0.2) is 22.4 Å². The second-order valence-corrected chi connectivity index (χ2v) is 6.25. The van der Waals surface area contributed by atoms with Crippen molar-refractivity contribution in [3.63, 3.8) is 0 Å². The molecule has 0 atom stereocenters. The van der Waals surface area contributed by atoms with Gasteiger partial charge in [0.05, 0.1) is 4.92 Å². The van der Waals surface area contributed by atoms with Crippen molar-refractivity contribution in [2.24, 2.45) is 0 Å². The van der Waals surface area contributed by atoms with E-state index in [0.717, 1.165) is 5.56 Å². The second-order valence-electron chi connectivity index (χ2n) is 5.81. The van der Waals surface area contributed by atoms with Crippen molar-refractivity contribution in [2.75, 3.05) is 6.54 Å². The molecule has 0 bridgehead atoms. The maximum Gasteiger partial charge on any atom is 0.308 e. The number of nitrogens with one attached hydrogen (secondary N) is 1. The normalized spacial score (nSPS) is 10.4. The van der Waals surface area contributed by atoms with E-state index in [2.05, 4.69) is 10.3 Å². The molecule has 3 aromatic rings. The van der Waals surface area contributed by atoms with Gasteiger partial charge in [-0.2, -0.15) is 0 Å². The van der Waals surface area contributed by atoms with E-state index in [0.29, 0.717) is 23.6 Å². The van der Waals surface area contributed by atoms with Gasteiger partial charge >= 0.3 is 5.69 Å². The molecule has 1 heterocycles. The van der Waals surface area contributed by atoms with Crippen molar-refractivity contribution >= 4 is 23.2 Å². The minimum Gasteiger partial charge on any atom is -0.351 e. The van der Waals surface area contributed by atoms with Crippen LogP contribution in [0.4, 0.5) is 5.69 Å². The predicted octanol–water partition coefficient (Wildman–Crippen LogP) is 4.28. The van der Waals surface area contributed by atoms with Crippen LogP contribution in [0.1, 0.15) is 15.9 Å². The second kappa shape index (κ2) is 8.42. The van der Waals surface area contributed by atoms with E-state index < -0.39 is 10.8 Å². The van der Waals surface area contributed by atoms with Gasteiger partial charge in [0.25, 0.3) is 5.91 Å². The molecule has 0 fully saturated rings. The molecule has 0 aliphatic heterocycles. The third kappa shape index (κ3) is 4.48. The zero-order chi connectivity index (χ0) is 19.2. The van der Waals surface area contributed by atoms with Crippen molar-refractivity contribution in [1.82, 2.24) is 10.3 Å². The fourth-order valence-electron chi connectivity index (χ4n) is 2.74. The molecule has 2 aromatic carbocycles. The summed E-state index contributed by atoms with van der Waals surface area (Å²) in [5, 5.41) is 15.0. The van der Waals surface area contributed by atoms with Gasteiger partial charge < -0.3 is 5.32 Å². The molecular formula is C20H16ClN3O3. The highest BCUT2D eigenvalue weighted by atomic mass is 35.5. The molecular weight excluding hydrogens is 366 g/mol. The molecule has 0 radical (unpaired) electrons. The summed E-state index contributed by atoms with van der Waals surface area (Å²) in [5.74, 6) is -0.511. The van der Waals surface area contributed by atoms with Crippen LogP contribution in [0.5, 0.6) is 0 Å². The van der Waals surface area contributed by atoms with Crippen molar-refractivity contribution in [3.8, 4) is 11.3 Å². The van der Waals surface area contributed by atoms with Crippen molar-refractivity contribution in [1.29, 1.82) is 0 Å². The number of amides is 1. The van der Waals surface area contributed by atoms with E-state index in [1.165, 1.54) is 12.3 Å². The number of carbonyl (C=O) groups is 1. The van der Waals surface area contributed by atoms with Crippen LogP contribution in [0.2, 0.25) is 5.02 Å². The predicted molar refractivity (Wildman–Crippen MR) is 104 cm³/mol. The molecule has 0 aliphatic rings. The summed E-state index contributed by atoms with van der Waals surface area (Å²) in [6.45, 7) is 0.333. The van der Waals surface area contributed by atoms with Gasteiger partial charge in [-0.1, -0.05) is 54.1 Å². The fourth-order valence-corrected chi connectivity index (χ4v) is 2.95. The first kappa shape index (κ1) is 18.5. The average molecular weight is 382 g/mol. The van der Waals surface area contributed by atoms with E-state index in [1.807, 2.05) is 24.3 Å². The fraction of sp³-hybridized carbons (Fsp3) is 0.100. The van der Waals surface area contributed by atoms with Crippen molar-refractivity contribution in [2.45, 2.75) is 6.42 Å². The van der Waals surface area contributed by atoms with E-state index in [9.17, 15) is 14.9 Å². The van der Waals surface area contributed by atoms with Crippen molar-refractivity contribution < 1.29 is 9.72 Å². The highest BCUT2D eigenvalue weighted by molar-refractivity contribution is 6.30. The first-order valence-electron chi connectivity index (χ1n) is 8.27. The van der Waals surface area contributed by atoms with E-state index in [1.54, 1.807) is 30.3 Å². The largest absolute Gasteiger partial charge is 0.351 e. The molecule has 136 valence electrons. The Balaban J connectivity index is 1.81. The number of nitro groups is 1. The summed E-state index contributed by atoms with van der Waals surface area (Å²) < 4.78 is 0. The molecule has 6 nitrogen and oxygen atoms in total. The number of hydrogen-bond donors (Lipinski definition) is 1. The zero-order valence-electron chi connectivity index (χ0n) is 14.3. The van der Waals surface area contributed by atoms with Gasteiger partial charge in [-0.3, -0.25) is 14.9 Å². The molecule has 0 spiro atoms. The lowest BCUT2D eigenvalue weighted by Crippen LogP contribution is -2.26. The van der Waals surface area contributed by atoms with E-state index in [-0.39, 0.29) is 16.9 Å². The summed E-state index contributed by atoms with van der Waals surface area (Å²) in [6.07, 6.45) is 1.97. The summed E-state index contributed by atoms with van der Waals surface area (Å²) in [5.41, 5.74) is 1.40. The standard InChI is InChI=1S/C20H16ClN3O3/c21-16-8-4-5-14(13-16)9-11-23-20(25)17-10-12-22-18(19(17)24(26)27)15-6-2-1-3-7-15/h1-8,10,12-13H,9,11H2,(H,23,25). The monoisotopic (exact) mass is 381 g/mol. The van der Waals surface area contributed by atoms with Crippen LogP contribution in [0, 0.1) is 10.1 Å². The van der Waals surface area contributed by atoms with Crippen LogP contribution in [0.25, 0.3) is 11.3 Å². The Hall–Kier alpha value is -3.25. The SMILES string of the molecule is O=C(NCCc1cccc(Cl)c1)c1ccnc(-c2ccccc2)c1[N+](=O)[O-]. The number of hydrogen-bond acceptors (Lipinski definition) is 4. The van der Waals surface area contributed by atoms with Gasteiger partial charge in [-0.05, 0) is 30.2 Å². The van der Waals surface area contributed by atoms with Crippen LogP contribution >= 0.6 is 11.6 Å². The average Bonchev–Trinajstić information content (AvgIpc) is 2.68. The smallest absolute Gasteiger partial charge is 0.308 e. The maximum atomic E-state index is 12.5. The number of benzene rings is 2. The zero-order valence-corrected chi connectivity index (χ0v) is 15.0. The van der Waals surface area contributed by atoms with Crippen LogP contribution in [0.3, 0.4) is 0 Å². The van der Waals surface area contributed by atoms with Gasteiger partial charge in [-0.25, -0.2) is 4.98 Å². The Morgan fingerprint density at radius 1 is 1.11 bits per heavy atom. The van der Waals surface area contributed by atoms with Gasteiger partial charge in [0.2, 0.25) is 0 Å². The lowest BCUT2D eigenvalue weighted by molar-refractivity contribution is -0.384. The topological polar surface area (TPSA) is 85.1 Å². The van der Waals surface area contributed by atoms with Gasteiger partial charge in [0.1, 0.15) is 11.3 Å². The first-order chi connectivity index (χ1) is 13.1. The van der Waals surface area contributed by atoms with Gasteiger partial charge in [0, 0.05) is 23.3 Å². The Morgan fingerprint density at radius 3 is 2.59 bits per heavy atom. The van der Waals surface area contributed by atoms with E-state index >= 15 is 0 Å². The molecule has 27 heavy (non-hydrogen) atoms. The molecule has 1 amide bonds. The minimum atomic E-state index is -0.568. The third-order valence-corrected chi connectivity index (χ3v) is 4.22. The van der Waals surface area contributed by atoms with Crippen LogP contribution in [-0.2, 0) is 6.42 Å². The molecule has 1 N–H and O–H groups in total. The maximum absolute atomic E-state index is 12.5. The highest BCUT2D eigenvalue weighted by Crippen LogP contribution is 2.30. The number of pyridine rings is 1. The lowest BCUT2D eigenvalue weighted by Gasteiger charge is -2.09. The summed E-state index contributed by atoms with van der Waals surface area (Å²) in [4.78, 5) is 27.7. The van der Waals surface area contributed by atoms with Crippen molar-refractivity contribution in [3.05, 3.63) is 93.1 Å². The molecule has 3 rings (SSSR count). The van der Waals surface area contributed by atoms with E-state index in [4.69, 9.17) is 11.6 Å². The molecule has 7 heteroatoms. The number of nitrogens with zero attached hydrogens (tertiary/aromatic N) is 2. The van der Waals surface area contributed by atoms with Gasteiger partial charge in [0.15, 0.2) is 0 Å². The number of carbonyl (C=O) groups excluding carboxylic acids is 1. The first-order valence-corrected chi connectivity index (χ1v) is 8.65. The highest BCUT2D eigenvalue weighted by Gasteiger charge is 2.26. The molecule has 1 aromatic heterocycles. The number of halogens is 1. The quantitative estimate of drug-likeness (QED) is 0.510. The molecule has 0 saturated carbocycles. The Labute approximate surface area is 161 Å². The minimum absolute atomic E-state index is 0.0139. The van der Waals surface area contributed by atoms with Crippen LogP contribution in [0.15, 0.2) is 66.9 Å². The number of aromatic nitrogens is 1. The molecule has 0 unspecified atom stereocenters. The Bertz CT molecular complexity index is 977. The molecule has 0 saturated heterocycles. The summed E-state index contributed by atoms with van der Waals surface area (Å²) in [7, 11) is 0. The third-order valence-electron chi connectivity index (χ3n) is 3.99. The molecule has 0 aliphatic carbocycles. The number of rotatable bonds is 6. The summed E-state index contributed by atoms with van der Waals surface area (Å²) >= 11 is 5.94. The Kier molecular flexibility index (Phi) is 5.78. The van der Waals surface area contributed by atoms with Crippen LogP contribution < -0.4 is 5.32 Å². The lowest BCUT2D eigenvalue weighted by atomic mass is 10.1. The summed E-state index contributed by atoms with van der Waals surface area (Å²) in [6, 6.07) is 17.5. The Morgan fingerprint density at radius 2 is 1.89 bits per heavy atom. The van der Waals surface area contributed by atoms with Gasteiger partial charge in [-0.15, -0.1) is 0 Å².